The predicted octanol–water partition coefficient (Wildman–Crippen LogP) is -0.773. The third-order valence-electron chi connectivity index (χ3n) is 2.17. The summed E-state index contributed by atoms with van der Waals surface area (Å²) >= 11 is 0. The van der Waals surface area contributed by atoms with E-state index >= 15 is 0 Å². The first-order chi connectivity index (χ1) is 5.18. The largest absolute Gasteiger partial charge is 0.381 e. The molecular formula is C7H14N2O2. The van der Waals surface area contributed by atoms with Crippen molar-refractivity contribution in [3.05, 3.63) is 0 Å². The van der Waals surface area contributed by atoms with Crippen LogP contribution >= 0.6 is 0 Å². The number of rotatable bonds is 3. The van der Waals surface area contributed by atoms with Gasteiger partial charge in [0, 0.05) is 25.0 Å². The van der Waals surface area contributed by atoms with Crippen molar-refractivity contribution in [2.24, 2.45) is 16.9 Å². The number of amides is 1. The van der Waals surface area contributed by atoms with Gasteiger partial charge in [-0.3, -0.25) is 4.79 Å². The SMILES string of the molecule is NCC1(CC(N)=O)CCOC1. The summed E-state index contributed by atoms with van der Waals surface area (Å²) in [6, 6.07) is 0. The molecule has 64 valence electrons. The van der Waals surface area contributed by atoms with Crippen LogP contribution in [-0.4, -0.2) is 25.7 Å². The van der Waals surface area contributed by atoms with Gasteiger partial charge in [-0.15, -0.1) is 0 Å². The first-order valence-corrected chi connectivity index (χ1v) is 3.75. The summed E-state index contributed by atoms with van der Waals surface area (Å²) in [6.45, 7) is 1.76. The molecule has 0 radical (unpaired) electrons. The average molecular weight is 158 g/mol. The highest BCUT2D eigenvalue weighted by molar-refractivity contribution is 5.74. The molecule has 4 heteroatoms. The van der Waals surface area contributed by atoms with Gasteiger partial charge in [0.1, 0.15) is 0 Å². The lowest BCUT2D eigenvalue weighted by Crippen LogP contribution is -2.35. The zero-order chi connectivity index (χ0) is 8.32. The van der Waals surface area contributed by atoms with E-state index in [0.29, 0.717) is 26.2 Å². The molecule has 0 aliphatic carbocycles. The van der Waals surface area contributed by atoms with Gasteiger partial charge < -0.3 is 16.2 Å². The quantitative estimate of drug-likeness (QED) is 0.566. The Kier molecular flexibility index (Phi) is 2.46. The van der Waals surface area contributed by atoms with Crippen LogP contribution in [0.5, 0.6) is 0 Å². The Labute approximate surface area is 65.9 Å². The number of nitrogens with two attached hydrogens (primary N) is 2. The molecule has 0 bridgehead atoms. The van der Waals surface area contributed by atoms with Crippen molar-refractivity contribution in [3.8, 4) is 0 Å². The maximum Gasteiger partial charge on any atom is 0.218 e. The molecule has 1 amide bonds. The van der Waals surface area contributed by atoms with Crippen molar-refractivity contribution in [2.75, 3.05) is 19.8 Å². The smallest absolute Gasteiger partial charge is 0.218 e. The molecule has 4 N–H and O–H groups in total. The fourth-order valence-corrected chi connectivity index (χ4v) is 1.39. The summed E-state index contributed by atoms with van der Waals surface area (Å²) in [5.41, 5.74) is 10.5. The molecule has 0 spiro atoms. The van der Waals surface area contributed by atoms with Gasteiger partial charge >= 0.3 is 0 Å². The second-order valence-electron chi connectivity index (χ2n) is 3.15. The Morgan fingerprint density at radius 3 is 2.73 bits per heavy atom. The first-order valence-electron chi connectivity index (χ1n) is 3.75. The maximum absolute atomic E-state index is 10.6. The summed E-state index contributed by atoms with van der Waals surface area (Å²) in [6.07, 6.45) is 1.20. The van der Waals surface area contributed by atoms with Gasteiger partial charge in [0.05, 0.1) is 6.61 Å². The lowest BCUT2D eigenvalue weighted by molar-refractivity contribution is -0.120. The molecule has 1 aliphatic heterocycles. The van der Waals surface area contributed by atoms with Crippen molar-refractivity contribution in [1.82, 2.24) is 0 Å². The van der Waals surface area contributed by atoms with Gasteiger partial charge in [-0.2, -0.15) is 0 Å². The maximum atomic E-state index is 10.6. The van der Waals surface area contributed by atoms with Crippen LogP contribution in [-0.2, 0) is 9.53 Å². The van der Waals surface area contributed by atoms with E-state index in [9.17, 15) is 4.79 Å². The van der Waals surface area contributed by atoms with Gasteiger partial charge in [0.15, 0.2) is 0 Å². The molecule has 4 nitrogen and oxygen atoms in total. The van der Waals surface area contributed by atoms with Crippen molar-refractivity contribution in [1.29, 1.82) is 0 Å². The van der Waals surface area contributed by atoms with Gasteiger partial charge in [-0.05, 0) is 6.42 Å². The Morgan fingerprint density at radius 1 is 1.64 bits per heavy atom. The number of carbonyl (C=O) groups is 1. The highest BCUT2D eigenvalue weighted by Crippen LogP contribution is 2.30. The van der Waals surface area contributed by atoms with E-state index in [4.69, 9.17) is 16.2 Å². The van der Waals surface area contributed by atoms with Crippen LogP contribution in [0.4, 0.5) is 0 Å². The number of primary amides is 1. The molecular weight excluding hydrogens is 144 g/mol. The highest BCUT2D eigenvalue weighted by Gasteiger charge is 2.34. The lowest BCUT2D eigenvalue weighted by Gasteiger charge is -2.22. The second kappa shape index (κ2) is 3.19. The van der Waals surface area contributed by atoms with Gasteiger partial charge in [-0.1, -0.05) is 0 Å². The monoisotopic (exact) mass is 158 g/mol. The molecule has 0 aromatic heterocycles. The van der Waals surface area contributed by atoms with E-state index in [-0.39, 0.29) is 11.3 Å². The van der Waals surface area contributed by atoms with Gasteiger partial charge in [0.2, 0.25) is 5.91 Å². The van der Waals surface area contributed by atoms with Crippen molar-refractivity contribution < 1.29 is 9.53 Å². The van der Waals surface area contributed by atoms with Crippen LogP contribution in [0.15, 0.2) is 0 Å². The summed E-state index contributed by atoms with van der Waals surface area (Å²) in [7, 11) is 0. The molecule has 1 fully saturated rings. The molecule has 1 atom stereocenters. The zero-order valence-corrected chi connectivity index (χ0v) is 6.51. The van der Waals surface area contributed by atoms with Crippen molar-refractivity contribution in [3.63, 3.8) is 0 Å². The van der Waals surface area contributed by atoms with Crippen LogP contribution in [0.1, 0.15) is 12.8 Å². The minimum absolute atomic E-state index is 0.161. The lowest BCUT2D eigenvalue weighted by atomic mass is 9.84. The minimum atomic E-state index is -0.291. The Morgan fingerprint density at radius 2 is 2.36 bits per heavy atom. The molecule has 1 saturated heterocycles. The average Bonchev–Trinajstić information content (AvgIpc) is 2.36. The zero-order valence-electron chi connectivity index (χ0n) is 6.51. The van der Waals surface area contributed by atoms with Gasteiger partial charge in [0.25, 0.3) is 0 Å². The number of ether oxygens (including phenoxy) is 1. The minimum Gasteiger partial charge on any atom is -0.381 e. The van der Waals surface area contributed by atoms with E-state index in [1.54, 1.807) is 0 Å². The van der Waals surface area contributed by atoms with E-state index < -0.39 is 0 Å². The Balaban J connectivity index is 2.52. The van der Waals surface area contributed by atoms with Crippen LogP contribution in [0.2, 0.25) is 0 Å². The van der Waals surface area contributed by atoms with Crippen molar-refractivity contribution in [2.45, 2.75) is 12.8 Å². The summed E-state index contributed by atoms with van der Waals surface area (Å²) in [5, 5.41) is 0. The van der Waals surface area contributed by atoms with Crippen LogP contribution in [0, 0.1) is 5.41 Å². The molecule has 1 heterocycles. The fourth-order valence-electron chi connectivity index (χ4n) is 1.39. The summed E-state index contributed by atoms with van der Waals surface area (Å²) in [4.78, 5) is 10.6. The molecule has 1 rings (SSSR count). The van der Waals surface area contributed by atoms with Crippen LogP contribution in [0.3, 0.4) is 0 Å². The molecule has 1 aliphatic rings. The van der Waals surface area contributed by atoms with Crippen LogP contribution < -0.4 is 11.5 Å². The summed E-state index contributed by atoms with van der Waals surface area (Å²) < 4.78 is 5.16. The van der Waals surface area contributed by atoms with E-state index in [0.717, 1.165) is 6.42 Å². The van der Waals surface area contributed by atoms with E-state index in [2.05, 4.69) is 0 Å². The van der Waals surface area contributed by atoms with Gasteiger partial charge in [-0.25, -0.2) is 0 Å². The number of hydrogen-bond acceptors (Lipinski definition) is 3. The Hall–Kier alpha value is -0.610. The number of carbonyl (C=O) groups excluding carboxylic acids is 1. The van der Waals surface area contributed by atoms with Crippen molar-refractivity contribution >= 4 is 5.91 Å². The Bertz CT molecular complexity index is 153. The topological polar surface area (TPSA) is 78.3 Å². The molecule has 0 aromatic rings. The molecule has 0 saturated carbocycles. The third-order valence-corrected chi connectivity index (χ3v) is 2.17. The van der Waals surface area contributed by atoms with E-state index in [1.807, 2.05) is 0 Å². The molecule has 1 unspecified atom stereocenters. The fraction of sp³-hybridized carbons (Fsp3) is 0.857. The normalized spacial score (nSPS) is 30.6. The molecule has 0 aromatic carbocycles. The van der Waals surface area contributed by atoms with E-state index in [1.165, 1.54) is 0 Å². The van der Waals surface area contributed by atoms with Crippen LogP contribution in [0.25, 0.3) is 0 Å². The number of hydrogen-bond donors (Lipinski definition) is 2. The first kappa shape index (κ1) is 8.49. The predicted molar refractivity (Wildman–Crippen MR) is 40.7 cm³/mol. The third kappa shape index (κ3) is 1.91. The highest BCUT2D eigenvalue weighted by atomic mass is 16.5. The second-order valence-corrected chi connectivity index (χ2v) is 3.15. The summed E-state index contributed by atoms with van der Waals surface area (Å²) in [5.74, 6) is -0.291. The standard InChI is InChI=1S/C7H14N2O2/c8-4-7(3-6(9)10)1-2-11-5-7/h1-5,8H2,(H2,9,10). The molecule has 11 heavy (non-hydrogen) atoms.